The van der Waals surface area contributed by atoms with E-state index in [-0.39, 0.29) is 23.5 Å². The number of esters is 2. The molecule has 0 aliphatic carbocycles. The summed E-state index contributed by atoms with van der Waals surface area (Å²) in [6.07, 6.45) is 8.94. The second kappa shape index (κ2) is 11.9. The number of cyclic esters (lactones) is 2. The monoisotopic (exact) mass is 380 g/mol. The van der Waals surface area contributed by atoms with Crippen LogP contribution in [0.4, 0.5) is 0 Å². The molecule has 0 aromatic heterocycles. The van der Waals surface area contributed by atoms with Crippen LogP contribution in [0.3, 0.4) is 0 Å². The molecule has 2 aliphatic heterocycles. The molecule has 2 saturated heterocycles. The molecule has 0 radical (unpaired) electrons. The van der Waals surface area contributed by atoms with E-state index in [4.69, 9.17) is 9.47 Å². The summed E-state index contributed by atoms with van der Waals surface area (Å²) >= 11 is 0. The first-order chi connectivity index (χ1) is 13.0. The largest absolute Gasteiger partial charge is 0.465 e. The fourth-order valence-corrected chi connectivity index (χ4v) is 3.74. The van der Waals surface area contributed by atoms with Gasteiger partial charge in [0.05, 0.1) is 13.2 Å². The molecular formula is C21H32O6. The third-order valence-corrected chi connectivity index (χ3v) is 5.52. The molecule has 0 N–H and O–H groups in total. The first kappa shape index (κ1) is 21.6. The highest BCUT2D eigenvalue weighted by Gasteiger charge is 2.20. The molecule has 2 atom stereocenters. The van der Waals surface area contributed by atoms with E-state index < -0.39 is 0 Å². The van der Waals surface area contributed by atoms with Crippen LogP contribution in [0.1, 0.15) is 83.5 Å². The van der Waals surface area contributed by atoms with E-state index in [1.54, 1.807) is 0 Å². The predicted octanol–water partition coefficient (Wildman–Crippen LogP) is 3.54. The number of Topliss-reactive ketones (excluding diaryl/α,β-unsaturated/α-hetero) is 2. The van der Waals surface area contributed by atoms with Crippen molar-refractivity contribution >= 4 is 23.5 Å². The highest BCUT2D eigenvalue weighted by atomic mass is 16.5. The van der Waals surface area contributed by atoms with E-state index >= 15 is 0 Å². The Morgan fingerprint density at radius 3 is 1.48 bits per heavy atom. The molecule has 0 bridgehead atoms. The molecule has 6 heteroatoms. The van der Waals surface area contributed by atoms with Gasteiger partial charge in [0.2, 0.25) is 0 Å². The van der Waals surface area contributed by atoms with Crippen LogP contribution in [0.15, 0.2) is 0 Å². The Labute approximate surface area is 161 Å². The zero-order valence-electron chi connectivity index (χ0n) is 16.2. The Morgan fingerprint density at radius 2 is 1.11 bits per heavy atom. The Kier molecular flexibility index (Phi) is 9.50. The molecule has 0 spiro atoms. The molecule has 2 heterocycles. The molecule has 2 rings (SSSR count). The Hall–Kier alpha value is -1.72. The number of hydrogen-bond acceptors (Lipinski definition) is 6. The van der Waals surface area contributed by atoms with Gasteiger partial charge in [-0.2, -0.15) is 0 Å². The smallest absolute Gasteiger partial charge is 0.305 e. The number of rotatable bonds is 12. The molecule has 2 aliphatic rings. The minimum Gasteiger partial charge on any atom is -0.465 e. The highest BCUT2D eigenvalue weighted by Crippen LogP contribution is 2.22. The van der Waals surface area contributed by atoms with E-state index in [1.807, 2.05) is 0 Å². The van der Waals surface area contributed by atoms with Gasteiger partial charge in [-0.15, -0.1) is 0 Å². The van der Waals surface area contributed by atoms with Crippen LogP contribution in [0.25, 0.3) is 0 Å². The maximum absolute atomic E-state index is 11.9. The van der Waals surface area contributed by atoms with Crippen molar-refractivity contribution in [3.05, 3.63) is 0 Å². The average Bonchev–Trinajstić information content (AvgIpc) is 2.65. The minimum absolute atomic E-state index is 0.117. The van der Waals surface area contributed by atoms with E-state index in [2.05, 4.69) is 0 Å². The molecule has 2 fully saturated rings. The third-order valence-electron chi connectivity index (χ3n) is 5.52. The van der Waals surface area contributed by atoms with Crippen molar-refractivity contribution < 1.29 is 28.7 Å². The Bertz CT molecular complexity index is 461. The molecule has 152 valence electrons. The van der Waals surface area contributed by atoms with Gasteiger partial charge in [-0.1, -0.05) is 0 Å². The van der Waals surface area contributed by atoms with E-state index in [0.717, 1.165) is 38.5 Å². The van der Waals surface area contributed by atoms with Crippen LogP contribution in [0.2, 0.25) is 0 Å². The zero-order valence-corrected chi connectivity index (χ0v) is 16.2. The number of carbonyl (C=O) groups excluding carboxylic acids is 4. The van der Waals surface area contributed by atoms with Gasteiger partial charge in [-0.05, 0) is 56.8 Å². The lowest BCUT2D eigenvalue weighted by Gasteiger charge is -2.21. The van der Waals surface area contributed by atoms with E-state index in [0.29, 0.717) is 70.0 Å². The first-order valence-electron chi connectivity index (χ1n) is 10.4. The van der Waals surface area contributed by atoms with Crippen molar-refractivity contribution in [1.82, 2.24) is 0 Å². The Morgan fingerprint density at radius 1 is 0.704 bits per heavy atom. The van der Waals surface area contributed by atoms with Crippen LogP contribution >= 0.6 is 0 Å². The van der Waals surface area contributed by atoms with E-state index in [9.17, 15) is 19.2 Å². The summed E-state index contributed by atoms with van der Waals surface area (Å²) in [6.45, 7) is 0.982. The second-order valence-corrected chi connectivity index (χ2v) is 7.89. The van der Waals surface area contributed by atoms with Gasteiger partial charge in [0.25, 0.3) is 0 Å². The number of ether oxygens (including phenoxy) is 2. The van der Waals surface area contributed by atoms with Crippen molar-refractivity contribution in [1.29, 1.82) is 0 Å². The summed E-state index contributed by atoms with van der Waals surface area (Å²) in [5.41, 5.74) is 0. The highest BCUT2D eigenvalue weighted by molar-refractivity contribution is 5.81. The quantitative estimate of drug-likeness (QED) is 0.481. The maximum Gasteiger partial charge on any atom is 0.305 e. The van der Waals surface area contributed by atoms with Crippen LogP contribution in [-0.4, -0.2) is 36.7 Å². The number of hydrogen-bond donors (Lipinski definition) is 0. The lowest BCUT2D eigenvalue weighted by Crippen LogP contribution is -2.21. The van der Waals surface area contributed by atoms with Crippen molar-refractivity contribution in [2.24, 2.45) is 11.8 Å². The molecule has 27 heavy (non-hydrogen) atoms. The zero-order chi connectivity index (χ0) is 19.5. The number of carbonyl (C=O) groups is 4. The van der Waals surface area contributed by atoms with Crippen molar-refractivity contribution in [3.8, 4) is 0 Å². The summed E-state index contributed by atoms with van der Waals surface area (Å²) in [5, 5.41) is 0. The summed E-state index contributed by atoms with van der Waals surface area (Å²) < 4.78 is 10.1. The van der Waals surface area contributed by atoms with Crippen LogP contribution in [0, 0.1) is 11.8 Å². The van der Waals surface area contributed by atoms with Gasteiger partial charge in [-0.25, -0.2) is 0 Å². The summed E-state index contributed by atoms with van der Waals surface area (Å²) in [7, 11) is 0. The lowest BCUT2D eigenvalue weighted by molar-refractivity contribution is -0.150. The molecule has 0 aromatic rings. The number of ketones is 2. The minimum atomic E-state index is -0.117. The molecule has 0 saturated carbocycles. The SMILES string of the molecule is O=C(CCCC(=O)CCCC1CCC(=O)OC1)CCCC1CCC(=O)OC1. The normalized spacial score (nSPS) is 22.8. The fraction of sp³-hybridized carbons (Fsp3) is 0.810. The first-order valence-corrected chi connectivity index (χ1v) is 10.4. The van der Waals surface area contributed by atoms with Crippen molar-refractivity contribution in [3.63, 3.8) is 0 Å². The third kappa shape index (κ3) is 9.16. The second-order valence-electron chi connectivity index (χ2n) is 7.89. The molecule has 6 nitrogen and oxygen atoms in total. The van der Waals surface area contributed by atoms with Gasteiger partial charge in [-0.3, -0.25) is 19.2 Å². The predicted molar refractivity (Wildman–Crippen MR) is 98.9 cm³/mol. The maximum atomic E-state index is 11.9. The molecule has 0 amide bonds. The van der Waals surface area contributed by atoms with Crippen LogP contribution in [-0.2, 0) is 28.7 Å². The van der Waals surface area contributed by atoms with E-state index in [1.165, 1.54) is 0 Å². The van der Waals surface area contributed by atoms with Crippen LogP contribution < -0.4 is 0 Å². The van der Waals surface area contributed by atoms with Crippen molar-refractivity contribution in [2.75, 3.05) is 13.2 Å². The van der Waals surface area contributed by atoms with Gasteiger partial charge in [0, 0.05) is 38.5 Å². The molecular weight excluding hydrogens is 348 g/mol. The summed E-state index contributed by atoms with van der Waals surface area (Å²) in [4.78, 5) is 45.9. The molecule has 0 aromatic carbocycles. The van der Waals surface area contributed by atoms with Gasteiger partial charge in [0.15, 0.2) is 0 Å². The van der Waals surface area contributed by atoms with Crippen molar-refractivity contribution in [2.45, 2.75) is 83.5 Å². The Balaban J connectivity index is 1.43. The van der Waals surface area contributed by atoms with Gasteiger partial charge >= 0.3 is 11.9 Å². The standard InChI is InChI=1S/C21H32O6/c22-18(6-1-4-16-10-12-20(24)26-14-16)8-3-9-19(23)7-2-5-17-11-13-21(25)27-15-17/h16-17H,1-15H2. The fourth-order valence-electron chi connectivity index (χ4n) is 3.74. The summed E-state index contributed by atoms with van der Waals surface area (Å²) in [6, 6.07) is 0. The van der Waals surface area contributed by atoms with Gasteiger partial charge < -0.3 is 9.47 Å². The lowest BCUT2D eigenvalue weighted by atomic mass is 9.94. The van der Waals surface area contributed by atoms with Crippen LogP contribution in [0.5, 0.6) is 0 Å². The average molecular weight is 380 g/mol. The van der Waals surface area contributed by atoms with Gasteiger partial charge in [0.1, 0.15) is 11.6 Å². The summed E-state index contributed by atoms with van der Waals surface area (Å²) in [5.74, 6) is 0.997. The topological polar surface area (TPSA) is 86.7 Å². The molecule has 2 unspecified atom stereocenters.